The Bertz CT molecular complexity index is 1380. The highest BCUT2D eigenvalue weighted by Crippen LogP contribution is 2.24. The molecule has 0 fully saturated rings. The van der Waals surface area contributed by atoms with Crippen LogP contribution in [-0.2, 0) is 16.1 Å². The van der Waals surface area contributed by atoms with Gasteiger partial charge in [-0.15, -0.1) is 0 Å². The van der Waals surface area contributed by atoms with Gasteiger partial charge in [0.05, 0.1) is 0 Å². The summed E-state index contributed by atoms with van der Waals surface area (Å²) < 4.78 is 24.3. The first-order valence-corrected chi connectivity index (χ1v) is 10.8. The standard InChI is InChI=1S/C29H20FNO3/c30-25-15-9-20(10-16-25)19-33-26-8-4-5-21(17-26)18-27-29(32)34-28(31-27)24-13-11-23(12-14-24)22-6-2-1-3-7-22/h1-18H,19H2/b27-18-. The molecule has 0 aromatic heterocycles. The fourth-order valence-corrected chi connectivity index (χ4v) is 3.57. The number of esters is 1. The molecule has 0 N–H and O–H groups in total. The van der Waals surface area contributed by atoms with Crippen LogP contribution >= 0.6 is 0 Å². The summed E-state index contributed by atoms with van der Waals surface area (Å²) in [5.41, 5.74) is 4.75. The van der Waals surface area contributed by atoms with E-state index in [0.717, 1.165) is 27.8 Å². The maximum atomic E-state index is 13.1. The molecule has 0 radical (unpaired) electrons. The minimum absolute atomic E-state index is 0.220. The molecule has 5 rings (SSSR count). The SMILES string of the molecule is O=C1OC(c2ccc(-c3ccccc3)cc2)=N/C1=C\c1cccc(OCc2ccc(F)cc2)c1. The molecule has 0 aliphatic carbocycles. The third kappa shape index (κ3) is 4.94. The number of carbonyl (C=O) groups excluding carboxylic acids is 1. The van der Waals surface area contributed by atoms with E-state index < -0.39 is 5.97 Å². The quantitative estimate of drug-likeness (QED) is 0.252. The lowest BCUT2D eigenvalue weighted by molar-refractivity contribution is -0.129. The number of carbonyl (C=O) groups is 1. The highest BCUT2D eigenvalue weighted by atomic mass is 19.1. The number of cyclic esters (lactones) is 1. The van der Waals surface area contributed by atoms with Crippen LogP contribution in [0.3, 0.4) is 0 Å². The van der Waals surface area contributed by atoms with Crippen LogP contribution in [0.1, 0.15) is 16.7 Å². The molecule has 4 aromatic carbocycles. The minimum Gasteiger partial charge on any atom is -0.489 e. The van der Waals surface area contributed by atoms with Crippen LogP contribution in [0.5, 0.6) is 5.75 Å². The van der Waals surface area contributed by atoms with Crippen molar-refractivity contribution in [3.05, 3.63) is 131 Å². The van der Waals surface area contributed by atoms with Crippen molar-refractivity contribution in [1.82, 2.24) is 0 Å². The van der Waals surface area contributed by atoms with Gasteiger partial charge in [-0.25, -0.2) is 14.2 Å². The van der Waals surface area contributed by atoms with Gasteiger partial charge in [0.2, 0.25) is 5.90 Å². The molecule has 1 aliphatic heterocycles. The van der Waals surface area contributed by atoms with E-state index in [4.69, 9.17) is 9.47 Å². The number of hydrogen-bond acceptors (Lipinski definition) is 4. The molecule has 4 nitrogen and oxygen atoms in total. The van der Waals surface area contributed by atoms with E-state index >= 15 is 0 Å². The molecular weight excluding hydrogens is 429 g/mol. The number of hydrogen-bond donors (Lipinski definition) is 0. The van der Waals surface area contributed by atoms with Crippen LogP contribution < -0.4 is 4.74 Å². The summed E-state index contributed by atoms with van der Waals surface area (Å²) in [6.07, 6.45) is 1.67. The van der Waals surface area contributed by atoms with Crippen molar-refractivity contribution < 1.29 is 18.7 Å². The Kier molecular flexibility index (Phi) is 5.99. The fraction of sp³-hybridized carbons (Fsp3) is 0.0345. The summed E-state index contributed by atoms with van der Waals surface area (Å²) in [4.78, 5) is 16.8. The minimum atomic E-state index is -0.500. The fourth-order valence-electron chi connectivity index (χ4n) is 3.57. The second kappa shape index (κ2) is 9.55. The summed E-state index contributed by atoms with van der Waals surface area (Å²) in [5, 5.41) is 0. The predicted octanol–water partition coefficient (Wildman–Crippen LogP) is 6.42. The van der Waals surface area contributed by atoms with Gasteiger partial charge in [0.25, 0.3) is 0 Å². The van der Waals surface area contributed by atoms with Crippen molar-refractivity contribution in [2.75, 3.05) is 0 Å². The van der Waals surface area contributed by atoms with E-state index in [-0.39, 0.29) is 17.4 Å². The normalized spacial score (nSPS) is 14.1. The van der Waals surface area contributed by atoms with Gasteiger partial charge in [0.1, 0.15) is 18.2 Å². The first-order valence-electron chi connectivity index (χ1n) is 10.8. The van der Waals surface area contributed by atoms with Crippen molar-refractivity contribution in [2.24, 2.45) is 4.99 Å². The second-order valence-corrected chi connectivity index (χ2v) is 7.77. The molecule has 166 valence electrons. The van der Waals surface area contributed by atoms with E-state index in [9.17, 15) is 9.18 Å². The second-order valence-electron chi connectivity index (χ2n) is 7.77. The van der Waals surface area contributed by atoms with Gasteiger partial charge in [-0.1, -0.05) is 66.7 Å². The molecule has 5 heteroatoms. The maximum absolute atomic E-state index is 13.1. The average Bonchev–Trinajstić information content (AvgIpc) is 3.24. The number of aliphatic imine (C=N–C) groups is 1. The van der Waals surface area contributed by atoms with E-state index in [1.54, 1.807) is 18.2 Å². The van der Waals surface area contributed by atoms with E-state index in [1.165, 1.54) is 12.1 Å². The zero-order valence-electron chi connectivity index (χ0n) is 18.1. The average molecular weight is 449 g/mol. The third-order valence-electron chi connectivity index (χ3n) is 5.34. The lowest BCUT2D eigenvalue weighted by Gasteiger charge is -2.07. The van der Waals surface area contributed by atoms with Gasteiger partial charge in [-0.05, 0) is 64.7 Å². The molecule has 0 saturated heterocycles. The summed E-state index contributed by atoms with van der Waals surface area (Å²) in [6.45, 7) is 0.309. The van der Waals surface area contributed by atoms with Gasteiger partial charge >= 0.3 is 5.97 Å². The van der Waals surface area contributed by atoms with Gasteiger partial charge in [0, 0.05) is 5.56 Å². The smallest absolute Gasteiger partial charge is 0.363 e. The Balaban J connectivity index is 1.31. The Morgan fingerprint density at radius 3 is 2.26 bits per heavy atom. The Labute approximate surface area is 196 Å². The number of nitrogens with zero attached hydrogens (tertiary/aromatic N) is 1. The summed E-state index contributed by atoms with van der Waals surface area (Å²) >= 11 is 0. The van der Waals surface area contributed by atoms with E-state index in [2.05, 4.69) is 4.99 Å². The lowest BCUT2D eigenvalue weighted by Crippen LogP contribution is -2.05. The first-order chi connectivity index (χ1) is 16.6. The molecule has 0 amide bonds. The molecule has 0 bridgehead atoms. The van der Waals surface area contributed by atoms with Crippen molar-refractivity contribution in [1.29, 1.82) is 0 Å². The van der Waals surface area contributed by atoms with Gasteiger partial charge < -0.3 is 9.47 Å². The lowest BCUT2D eigenvalue weighted by atomic mass is 10.0. The summed E-state index contributed by atoms with van der Waals surface area (Å²) in [6, 6.07) is 31.3. The van der Waals surface area contributed by atoms with Crippen LogP contribution in [0.25, 0.3) is 17.2 Å². The predicted molar refractivity (Wildman–Crippen MR) is 130 cm³/mol. The Morgan fingerprint density at radius 2 is 1.50 bits per heavy atom. The van der Waals surface area contributed by atoms with Gasteiger partial charge in [0.15, 0.2) is 5.70 Å². The summed E-state index contributed by atoms with van der Waals surface area (Å²) in [7, 11) is 0. The maximum Gasteiger partial charge on any atom is 0.363 e. The van der Waals surface area contributed by atoms with Crippen LogP contribution in [0.2, 0.25) is 0 Å². The Hall–Kier alpha value is -4.51. The van der Waals surface area contributed by atoms with Crippen molar-refractivity contribution in [2.45, 2.75) is 6.61 Å². The monoisotopic (exact) mass is 449 g/mol. The first kappa shape index (κ1) is 21.3. The van der Waals surface area contributed by atoms with Crippen molar-refractivity contribution in [3.8, 4) is 16.9 Å². The van der Waals surface area contributed by atoms with Crippen molar-refractivity contribution in [3.63, 3.8) is 0 Å². The molecule has 0 atom stereocenters. The van der Waals surface area contributed by atoms with Crippen molar-refractivity contribution >= 4 is 17.9 Å². The van der Waals surface area contributed by atoms with E-state index in [0.29, 0.717) is 12.4 Å². The topological polar surface area (TPSA) is 47.9 Å². The molecule has 0 spiro atoms. The molecular formula is C29H20FNO3. The number of rotatable bonds is 6. The molecule has 0 unspecified atom stereocenters. The van der Waals surface area contributed by atoms with E-state index in [1.807, 2.05) is 78.9 Å². The van der Waals surface area contributed by atoms with Gasteiger partial charge in [-0.3, -0.25) is 0 Å². The highest BCUT2D eigenvalue weighted by molar-refractivity contribution is 6.13. The largest absolute Gasteiger partial charge is 0.489 e. The van der Waals surface area contributed by atoms with Gasteiger partial charge in [-0.2, -0.15) is 0 Å². The summed E-state index contributed by atoms with van der Waals surface area (Å²) in [5.74, 6) is 0.123. The highest BCUT2D eigenvalue weighted by Gasteiger charge is 2.24. The molecule has 0 saturated carbocycles. The number of ether oxygens (including phenoxy) is 2. The van der Waals surface area contributed by atoms with Crippen LogP contribution in [0, 0.1) is 5.82 Å². The third-order valence-corrected chi connectivity index (χ3v) is 5.34. The van der Waals surface area contributed by atoms with Crippen LogP contribution in [0.4, 0.5) is 4.39 Å². The molecule has 34 heavy (non-hydrogen) atoms. The number of benzene rings is 4. The molecule has 1 aliphatic rings. The van der Waals surface area contributed by atoms with Crippen LogP contribution in [-0.4, -0.2) is 11.9 Å². The number of halogens is 1. The Morgan fingerprint density at radius 1 is 0.794 bits per heavy atom. The zero-order chi connectivity index (χ0) is 23.3. The molecule has 4 aromatic rings. The molecule has 1 heterocycles. The zero-order valence-corrected chi connectivity index (χ0v) is 18.1. The van der Waals surface area contributed by atoms with Crippen LogP contribution in [0.15, 0.2) is 114 Å².